The molecule has 2 nitrogen and oxygen atoms in total. The second-order valence-corrected chi connectivity index (χ2v) is 2.38. The monoisotopic (exact) mass is 217 g/mol. The van der Waals surface area contributed by atoms with Gasteiger partial charge in [0.2, 0.25) is 0 Å². The lowest BCUT2D eigenvalue weighted by Crippen LogP contribution is -1.75. The Labute approximate surface area is 88.4 Å². The van der Waals surface area contributed by atoms with E-state index in [1.807, 2.05) is 12.1 Å². The topological polar surface area (TPSA) is 33.1 Å². The first-order chi connectivity index (χ1) is 5.36. The molecule has 2 rings (SSSR count). The van der Waals surface area contributed by atoms with Crippen molar-refractivity contribution in [1.29, 1.82) is 0 Å². The second kappa shape index (κ2) is 4.90. The largest absolute Gasteiger partial charge is 0.508 e. The molecule has 0 bridgehead atoms. The van der Waals surface area contributed by atoms with Crippen LogP contribution in [0.15, 0.2) is 36.5 Å². The van der Waals surface area contributed by atoms with Gasteiger partial charge in [-0.3, -0.25) is 4.98 Å². The summed E-state index contributed by atoms with van der Waals surface area (Å²) in [6.07, 6.45) is 1.74. The Morgan fingerprint density at radius 2 is 1.85 bits per heavy atom. The van der Waals surface area contributed by atoms with E-state index in [-0.39, 0.29) is 30.6 Å². The number of phenols is 1. The normalized spacial score (nSPS) is 8.62. The van der Waals surface area contributed by atoms with Crippen molar-refractivity contribution in [2.24, 2.45) is 0 Å². The molecule has 0 saturated heterocycles. The zero-order valence-electron chi connectivity index (χ0n) is 6.68. The van der Waals surface area contributed by atoms with Crippen molar-refractivity contribution in [3.8, 4) is 5.75 Å². The maximum Gasteiger partial charge on any atom is 0.116 e. The van der Waals surface area contributed by atoms with Crippen LogP contribution >= 0.6 is 24.8 Å². The number of halogens is 2. The molecule has 0 unspecified atom stereocenters. The molecule has 13 heavy (non-hydrogen) atoms. The van der Waals surface area contributed by atoms with Gasteiger partial charge in [-0.1, -0.05) is 6.07 Å². The third-order valence-corrected chi connectivity index (χ3v) is 1.59. The molecule has 0 aliphatic heterocycles. The molecule has 0 amide bonds. The Morgan fingerprint density at radius 1 is 1.08 bits per heavy atom. The van der Waals surface area contributed by atoms with E-state index >= 15 is 0 Å². The molecule has 0 saturated carbocycles. The van der Waals surface area contributed by atoms with Crippen molar-refractivity contribution < 1.29 is 5.11 Å². The van der Waals surface area contributed by atoms with Gasteiger partial charge in [0, 0.05) is 11.6 Å². The fourth-order valence-corrected chi connectivity index (χ4v) is 1.06. The molecule has 0 radical (unpaired) electrons. The number of aromatic hydroxyl groups is 1. The van der Waals surface area contributed by atoms with Crippen LogP contribution in [0.25, 0.3) is 10.9 Å². The van der Waals surface area contributed by atoms with Crippen LogP contribution in [0, 0.1) is 0 Å². The summed E-state index contributed by atoms with van der Waals surface area (Å²) in [5, 5.41) is 10.1. The lowest BCUT2D eigenvalue weighted by Gasteiger charge is -1.95. The van der Waals surface area contributed by atoms with Gasteiger partial charge in [0.25, 0.3) is 0 Å². The molecule has 0 fully saturated rings. The van der Waals surface area contributed by atoms with Crippen LogP contribution in [0.4, 0.5) is 0 Å². The van der Waals surface area contributed by atoms with Gasteiger partial charge in [-0.25, -0.2) is 0 Å². The number of hydrogen-bond acceptors (Lipinski definition) is 2. The highest BCUT2D eigenvalue weighted by molar-refractivity contribution is 5.85. The number of phenolic OH excluding ortho intramolecular Hbond substituents is 1. The van der Waals surface area contributed by atoms with Crippen LogP contribution in [0.1, 0.15) is 0 Å². The van der Waals surface area contributed by atoms with Crippen LogP contribution in [-0.2, 0) is 0 Å². The van der Waals surface area contributed by atoms with Gasteiger partial charge in [0.15, 0.2) is 0 Å². The maximum atomic E-state index is 9.10. The fraction of sp³-hybridized carbons (Fsp3) is 0. The first-order valence-electron chi connectivity index (χ1n) is 3.40. The second-order valence-electron chi connectivity index (χ2n) is 2.38. The Balaban J connectivity index is 0.000000720. The quantitative estimate of drug-likeness (QED) is 0.737. The summed E-state index contributed by atoms with van der Waals surface area (Å²) < 4.78 is 0. The fourth-order valence-electron chi connectivity index (χ4n) is 1.06. The first-order valence-corrected chi connectivity index (χ1v) is 3.40. The van der Waals surface area contributed by atoms with Gasteiger partial charge in [0.05, 0.1) is 5.52 Å². The summed E-state index contributed by atoms with van der Waals surface area (Å²) in [7, 11) is 0. The zero-order chi connectivity index (χ0) is 7.68. The van der Waals surface area contributed by atoms with Crippen molar-refractivity contribution in [2.45, 2.75) is 0 Å². The van der Waals surface area contributed by atoms with Gasteiger partial charge in [-0.15, -0.1) is 24.8 Å². The minimum absolute atomic E-state index is 0. The number of benzene rings is 1. The van der Waals surface area contributed by atoms with E-state index < -0.39 is 0 Å². The Bertz CT molecular complexity index is 392. The number of rotatable bonds is 0. The molecule has 0 aliphatic carbocycles. The van der Waals surface area contributed by atoms with Crippen LogP contribution in [0.2, 0.25) is 0 Å². The average Bonchev–Trinajstić information content (AvgIpc) is 2.04. The van der Waals surface area contributed by atoms with E-state index in [1.165, 1.54) is 0 Å². The van der Waals surface area contributed by atoms with E-state index in [9.17, 15) is 0 Å². The summed E-state index contributed by atoms with van der Waals surface area (Å²) in [4.78, 5) is 4.11. The van der Waals surface area contributed by atoms with Crippen LogP contribution in [0.3, 0.4) is 0 Å². The molecule has 1 N–H and O–H groups in total. The van der Waals surface area contributed by atoms with E-state index in [1.54, 1.807) is 24.4 Å². The Hall–Kier alpha value is -0.990. The summed E-state index contributed by atoms with van der Waals surface area (Å²) in [6, 6.07) is 8.90. The van der Waals surface area contributed by atoms with E-state index in [4.69, 9.17) is 5.11 Å². The summed E-state index contributed by atoms with van der Waals surface area (Å²) in [6.45, 7) is 0. The standard InChI is InChI=1S/C9H7NO.2ClH/c11-8-3-4-9-7(6-8)2-1-5-10-9;;/h1-6,11H;2*1H. The van der Waals surface area contributed by atoms with Gasteiger partial charge in [-0.2, -0.15) is 0 Å². The predicted molar refractivity (Wildman–Crippen MR) is 57.9 cm³/mol. The minimum Gasteiger partial charge on any atom is -0.508 e. The van der Waals surface area contributed by atoms with Crippen LogP contribution in [0.5, 0.6) is 5.75 Å². The van der Waals surface area contributed by atoms with E-state index in [2.05, 4.69) is 4.98 Å². The number of aromatic nitrogens is 1. The molecule has 1 heterocycles. The van der Waals surface area contributed by atoms with Crippen LogP contribution < -0.4 is 0 Å². The number of hydrogen-bond donors (Lipinski definition) is 1. The van der Waals surface area contributed by atoms with Crippen molar-refractivity contribution in [3.63, 3.8) is 0 Å². The van der Waals surface area contributed by atoms with Gasteiger partial charge in [-0.05, 0) is 24.3 Å². The highest BCUT2D eigenvalue weighted by atomic mass is 35.5. The molecule has 70 valence electrons. The van der Waals surface area contributed by atoms with Crippen molar-refractivity contribution in [1.82, 2.24) is 4.98 Å². The molecule has 2 aromatic rings. The molecule has 1 aromatic heterocycles. The van der Waals surface area contributed by atoms with Gasteiger partial charge >= 0.3 is 0 Å². The molecular formula is C9H9Cl2NO. The number of pyridine rings is 1. The minimum atomic E-state index is 0. The number of nitrogens with zero attached hydrogens (tertiary/aromatic N) is 1. The van der Waals surface area contributed by atoms with Crippen LogP contribution in [-0.4, -0.2) is 10.1 Å². The maximum absolute atomic E-state index is 9.10. The predicted octanol–water partition coefficient (Wildman–Crippen LogP) is 2.78. The van der Waals surface area contributed by atoms with E-state index in [0.717, 1.165) is 10.9 Å². The average molecular weight is 218 g/mol. The van der Waals surface area contributed by atoms with Gasteiger partial charge in [0.1, 0.15) is 5.75 Å². The summed E-state index contributed by atoms with van der Waals surface area (Å²) in [5.41, 5.74) is 0.908. The molecule has 0 aliphatic rings. The SMILES string of the molecule is Cl.Cl.Oc1ccc2ncccc2c1. The third kappa shape index (κ3) is 2.47. The lowest BCUT2D eigenvalue weighted by atomic mass is 10.2. The highest BCUT2D eigenvalue weighted by Crippen LogP contribution is 2.16. The molecule has 0 spiro atoms. The summed E-state index contributed by atoms with van der Waals surface area (Å²) in [5.74, 6) is 0.283. The lowest BCUT2D eigenvalue weighted by molar-refractivity contribution is 0.476. The summed E-state index contributed by atoms with van der Waals surface area (Å²) >= 11 is 0. The molecule has 1 aromatic carbocycles. The van der Waals surface area contributed by atoms with E-state index in [0.29, 0.717) is 0 Å². The Kier molecular flexibility index (Phi) is 4.52. The molecule has 4 heteroatoms. The first kappa shape index (κ1) is 12.0. The third-order valence-electron chi connectivity index (χ3n) is 1.59. The van der Waals surface area contributed by atoms with Gasteiger partial charge < -0.3 is 5.11 Å². The van der Waals surface area contributed by atoms with Crippen molar-refractivity contribution in [3.05, 3.63) is 36.5 Å². The molecular weight excluding hydrogens is 209 g/mol. The zero-order valence-corrected chi connectivity index (χ0v) is 8.31. The van der Waals surface area contributed by atoms with Crippen molar-refractivity contribution in [2.75, 3.05) is 0 Å². The number of fused-ring (bicyclic) bond motifs is 1. The highest BCUT2D eigenvalue weighted by Gasteiger charge is 1.92. The Morgan fingerprint density at radius 3 is 2.62 bits per heavy atom. The smallest absolute Gasteiger partial charge is 0.116 e. The van der Waals surface area contributed by atoms with Crippen molar-refractivity contribution >= 4 is 35.7 Å². The molecule has 0 atom stereocenters.